The number of rotatable bonds is 5. The number of anilines is 1. The van der Waals surface area contributed by atoms with Crippen LogP contribution in [-0.2, 0) is 11.3 Å². The first kappa shape index (κ1) is 21.6. The molecule has 3 aromatic heterocycles. The number of benzene rings is 1. The van der Waals surface area contributed by atoms with Crippen molar-refractivity contribution in [1.82, 2.24) is 24.4 Å². The molecule has 0 spiro atoms. The quantitative estimate of drug-likeness (QED) is 0.462. The largest absolute Gasteiger partial charge is 0.453 e. The molecule has 2 N–H and O–H groups in total. The topological polar surface area (TPSA) is 135 Å². The average Bonchev–Trinajstić information content (AvgIpc) is 3.46. The highest BCUT2D eigenvalue weighted by Gasteiger charge is 2.36. The van der Waals surface area contributed by atoms with E-state index in [1.807, 2.05) is 19.1 Å². The minimum atomic E-state index is -0.380. The van der Waals surface area contributed by atoms with Gasteiger partial charge in [0, 0.05) is 30.5 Å². The Kier molecular flexibility index (Phi) is 5.46. The van der Waals surface area contributed by atoms with Crippen LogP contribution in [0.3, 0.4) is 0 Å². The number of nitrogens with zero attached hydrogens (tertiary/aromatic N) is 5. The molecule has 0 saturated carbocycles. The number of aryl methyl sites for hydroxylation is 1. The number of pyridine rings is 1. The summed E-state index contributed by atoms with van der Waals surface area (Å²) in [5.41, 5.74) is 3.81. The van der Waals surface area contributed by atoms with Gasteiger partial charge in [-0.3, -0.25) is 9.20 Å². The first-order valence-corrected chi connectivity index (χ1v) is 10.6. The number of amides is 2. The SMILES string of the molecule is COC(=O)N1CC(c2nc(-c3ccc(C)c(NC(=O)c4cnc5cc(CO)ccn45)c3)no2)C1. The van der Waals surface area contributed by atoms with Gasteiger partial charge in [-0.05, 0) is 36.2 Å². The Morgan fingerprint density at radius 1 is 1.26 bits per heavy atom. The summed E-state index contributed by atoms with van der Waals surface area (Å²) in [5.74, 6) is 0.491. The van der Waals surface area contributed by atoms with Gasteiger partial charge in [0.1, 0.15) is 11.3 Å². The molecular weight excluding hydrogens is 440 g/mol. The molecule has 1 saturated heterocycles. The van der Waals surface area contributed by atoms with E-state index in [1.165, 1.54) is 13.3 Å². The molecule has 0 unspecified atom stereocenters. The van der Waals surface area contributed by atoms with Gasteiger partial charge >= 0.3 is 6.09 Å². The van der Waals surface area contributed by atoms with E-state index >= 15 is 0 Å². The zero-order valence-corrected chi connectivity index (χ0v) is 18.6. The Morgan fingerprint density at radius 2 is 2.09 bits per heavy atom. The fraction of sp³-hybridized carbons (Fsp3) is 0.261. The molecule has 1 fully saturated rings. The molecule has 0 bridgehead atoms. The molecule has 1 aliphatic heterocycles. The number of likely N-dealkylation sites (tertiary alicyclic amines) is 1. The van der Waals surface area contributed by atoms with Crippen LogP contribution in [0.25, 0.3) is 17.0 Å². The molecule has 11 nitrogen and oxygen atoms in total. The second kappa shape index (κ2) is 8.60. The number of aromatic nitrogens is 4. The van der Waals surface area contributed by atoms with Gasteiger partial charge in [0.15, 0.2) is 0 Å². The van der Waals surface area contributed by atoms with Crippen LogP contribution in [0.5, 0.6) is 0 Å². The number of carbonyl (C=O) groups excluding carboxylic acids is 2. The highest BCUT2D eigenvalue weighted by molar-refractivity contribution is 6.04. The Balaban J connectivity index is 1.33. The summed E-state index contributed by atoms with van der Waals surface area (Å²) >= 11 is 0. The van der Waals surface area contributed by atoms with Crippen LogP contribution in [0.15, 0.2) is 47.2 Å². The van der Waals surface area contributed by atoms with Crippen LogP contribution >= 0.6 is 0 Å². The zero-order chi connectivity index (χ0) is 23.8. The number of carbonyl (C=O) groups is 2. The minimum absolute atomic E-state index is 0.0357. The molecule has 11 heteroatoms. The van der Waals surface area contributed by atoms with Gasteiger partial charge in [-0.25, -0.2) is 9.78 Å². The highest BCUT2D eigenvalue weighted by Crippen LogP contribution is 2.29. The monoisotopic (exact) mass is 462 g/mol. The molecule has 4 heterocycles. The number of imidazole rings is 1. The van der Waals surface area contributed by atoms with E-state index in [1.54, 1.807) is 33.7 Å². The van der Waals surface area contributed by atoms with Crippen molar-refractivity contribution in [3.63, 3.8) is 0 Å². The summed E-state index contributed by atoms with van der Waals surface area (Å²) in [4.78, 5) is 34.8. The lowest BCUT2D eigenvalue weighted by atomic mass is 10.0. The van der Waals surface area contributed by atoms with E-state index in [0.29, 0.717) is 53.0 Å². The van der Waals surface area contributed by atoms with E-state index in [9.17, 15) is 14.7 Å². The maximum Gasteiger partial charge on any atom is 0.409 e. The lowest BCUT2D eigenvalue weighted by molar-refractivity contribution is 0.0804. The van der Waals surface area contributed by atoms with Crippen molar-refractivity contribution in [3.05, 3.63) is 65.4 Å². The van der Waals surface area contributed by atoms with Crippen molar-refractivity contribution in [3.8, 4) is 11.4 Å². The number of methoxy groups -OCH3 is 1. The summed E-state index contributed by atoms with van der Waals surface area (Å²) in [5, 5.41) is 16.3. The average molecular weight is 462 g/mol. The van der Waals surface area contributed by atoms with Crippen molar-refractivity contribution in [2.75, 3.05) is 25.5 Å². The van der Waals surface area contributed by atoms with Crippen molar-refractivity contribution in [2.24, 2.45) is 0 Å². The first-order chi connectivity index (χ1) is 16.5. The first-order valence-electron chi connectivity index (χ1n) is 10.6. The smallest absolute Gasteiger partial charge is 0.409 e. The van der Waals surface area contributed by atoms with Crippen molar-refractivity contribution >= 4 is 23.3 Å². The second-order valence-corrected chi connectivity index (χ2v) is 8.08. The normalized spacial score (nSPS) is 13.7. The lowest BCUT2D eigenvalue weighted by Gasteiger charge is -2.35. The molecule has 2 amide bonds. The van der Waals surface area contributed by atoms with Gasteiger partial charge in [0.05, 0.1) is 25.8 Å². The summed E-state index contributed by atoms with van der Waals surface area (Å²) in [6.45, 7) is 2.71. The van der Waals surface area contributed by atoms with Gasteiger partial charge in [-0.2, -0.15) is 4.98 Å². The maximum atomic E-state index is 13.0. The standard InChI is InChI=1S/C23H22N6O5/c1-13-3-4-15(20-26-22(34-27-20)16-10-28(11-16)23(32)33-2)8-17(13)25-21(31)18-9-24-19-7-14(12-30)5-6-29(18)19/h3-9,16,30H,10-12H2,1-2H3,(H,25,31). The van der Waals surface area contributed by atoms with E-state index in [4.69, 9.17) is 9.26 Å². The fourth-order valence-electron chi connectivity index (χ4n) is 3.80. The van der Waals surface area contributed by atoms with Crippen molar-refractivity contribution in [2.45, 2.75) is 19.4 Å². The zero-order valence-electron chi connectivity index (χ0n) is 18.6. The van der Waals surface area contributed by atoms with Gasteiger partial charge < -0.3 is 24.6 Å². The number of ether oxygens (including phenoxy) is 1. The summed E-state index contributed by atoms with van der Waals surface area (Å²) in [6, 6.07) is 8.97. The van der Waals surface area contributed by atoms with E-state index < -0.39 is 0 Å². The Morgan fingerprint density at radius 3 is 2.85 bits per heavy atom. The molecule has 4 aromatic rings. The number of aliphatic hydroxyl groups is 1. The van der Waals surface area contributed by atoms with Crippen LogP contribution < -0.4 is 5.32 Å². The number of nitrogens with one attached hydrogen (secondary N) is 1. The van der Waals surface area contributed by atoms with Gasteiger partial charge in [0.2, 0.25) is 11.7 Å². The molecule has 0 atom stereocenters. The van der Waals surface area contributed by atoms with E-state index in [-0.39, 0.29) is 24.5 Å². The maximum absolute atomic E-state index is 13.0. The summed E-state index contributed by atoms with van der Waals surface area (Å²) < 4.78 is 11.8. The fourth-order valence-corrected chi connectivity index (χ4v) is 3.80. The Hall–Kier alpha value is -4.25. The Labute approximate surface area is 194 Å². The van der Waals surface area contributed by atoms with Crippen LogP contribution in [0.2, 0.25) is 0 Å². The van der Waals surface area contributed by atoms with Crippen LogP contribution in [-0.4, -0.2) is 61.7 Å². The van der Waals surface area contributed by atoms with E-state index in [0.717, 1.165) is 5.56 Å². The van der Waals surface area contributed by atoms with Crippen LogP contribution in [0.1, 0.15) is 33.4 Å². The molecule has 34 heavy (non-hydrogen) atoms. The third-order valence-electron chi connectivity index (χ3n) is 5.84. The van der Waals surface area contributed by atoms with E-state index in [2.05, 4.69) is 20.4 Å². The molecule has 0 aliphatic carbocycles. The third-order valence-corrected chi connectivity index (χ3v) is 5.84. The highest BCUT2D eigenvalue weighted by atomic mass is 16.5. The number of aliphatic hydroxyl groups excluding tert-OH is 1. The predicted molar refractivity (Wildman–Crippen MR) is 120 cm³/mol. The van der Waals surface area contributed by atoms with Crippen LogP contribution in [0, 0.1) is 6.92 Å². The third kappa shape index (κ3) is 3.86. The van der Waals surface area contributed by atoms with Gasteiger partial charge in [0.25, 0.3) is 5.91 Å². The molecule has 0 radical (unpaired) electrons. The van der Waals surface area contributed by atoms with Gasteiger partial charge in [-0.15, -0.1) is 0 Å². The summed E-state index contributed by atoms with van der Waals surface area (Å²) in [6.07, 6.45) is 2.82. The van der Waals surface area contributed by atoms with Gasteiger partial charge in [-0.1, -0.05) is 17.3 Å². The number of hydrogen-bond donors (Lipinski definition) is 2. The molecular formula is C23H22N6O5. The molecule has 174 valence electrons. The van der Waals surface area contributed by atoms with Crippen molar-refractivity contribution in [1.29, 1.82) is 0 Å². The lowest BCUT2D eigenvalue weighted by Crippen LogP contribution is -2.48. The number of fused-ring (bicyclic) bond motifs is 1. The van der Waals surface area contributed by atoms with Crippen molar-refractivity contribution < 1.29 is 24.0 Å². The molecule has 1 aliphatic rings. The molecule has 5 rings (SSSR count). The second-order valence-electron chi connectivity index (χ2n) is 8.08. The minimum Gasteiger partial charge on any atom is -0.453 e. The number of hydrogen-bond acceptors (Lipinski definition) is 8. The Bertz CT molecular complexity index is 1390. The summed E-state index contributed by atoms with van der Waals surface area (Å²) in [7, 11) is 1.34. The predicted octanol–water partition coefficient (Wildman–Crippen LogP) is 2.60. The molecule has 1 aromatic carbocycles. The van der Waals surface area contributed by atoms with Crippen LogP contribution in [0.4, 0.5) is 10.5 Å².